The summed E-state index contributed by atoms with van der Waals surface area (Å²) in [5.74, 6) is 0. The minimum absolute atomic E-state index is 0.120. The SMILES string of the molecule is C=C(Cl)CN([N+]#CC)C(=O)OC. The number of halogens is 1. The van der Waals surface area contributed by atoms with Crippen molar-refractivity contribution in [2.45, 2.75) is 6.92 Å². The van der Waals surface area contributed by atoms with Gasteiger partial charge in [-0.25, -0.2) is 4.79 Å². The summed E-state index contributed by atoms with van der Waals surface area (Å²) < 4.78 is 4.42. The summed E-state index contributed by atoms with van der Waals surface area (Å²) in [5.41, 5.74) is 0. The quantitative estimate of drug-likeness (QED) is 0.624. The fourth-order valence-corrected chi connectivity index (χ4v) is 0.643. The van der Waals surface area contributed by atoms with Crippen LogP contribution in [0.4, 0.5) is 4.79 Å². The summed E-state index contributed by atoms with van der Waals surface area (Å²) in [7, 11) is 1.26. The highest BCUT2D eigenvalue weighted by molar-refractivity contribution is 6.29. The molecule has 0 fully saturated rings. The van der Waals surface area contributed by atoms with E-state index >= 15 is 0 Å². The van der Waals surface area contributed by atoms with E-state index in [9.17, 15) is 4.79 Å². The molecule has 0 aromatic rings. The fourth-order valence-electron chi connectivity index (χ4n) is 0.529. The van der Waals surface area contributed by atoms with Crippen molar-refractivity contribution < 1.29 is 9.53 Å². The molecule has 0 aliphatic heterocycles. The molecule has 0 bridgehead atoms. The van der Waals surface area contributed by atoms with E-state index < -0.39 is 6.09 Å². The van der Waals surface area contributed by atoms with Crippen molar-refractivity contribution in [3.8, 4) is 6.07 Å². The van der Waals surface area contributed by atoms with Gasteiger partial charge in [-0.1, -0.05) is 18.2 Å². The summed E-state index contributed by atoms with van der Waals surface area (Å²) >= 11 is 5.48. The molecule has 0 atom stereocenters. The van der Waals surface area contributed by atoms with Gasteiger partial charge in [0.15, 0.2) is 0 Å². The van der Waals surface area contributed by atoms with Crippen molar-refractivity contribution in [2.75, 3.05) is 13.7 Å². The van der Waals surface area contributed by atoms with Gasteiger partial charge in [-0.15, -0.1) is 0 Å². The van der Waals surface area contributed by atoms with Gasteiger partial charge in [-0.05, 0) is 0 Å². The van der Waals surface area contributed by atoms with Crippen molar-refractivity contribution in [3.05, 3.63) is 16.6 Å². The van der Waals surface area contributed by atoms with Crippen LogP contribution in [0.3, 0.4) is 0 Å². The smallest absolute Gasteiger partial charge is 0.449 e. The van der Waals surface area contributed by atoms with Gasteiger partial charge in [0.2, 0.25) is 0 Å². The van der Waals surface area contributed by atoms with Crippen LogP contribution in [0.2, 0.25) is 0 Å². The molecule has 0 saturated carbocycles. The third-order valence-electron chi connectivity index (χ3n) is 0.927. The lowest BCUT2D eigenvalue weighted by molar-refractivity contribution is 0.142. The van der Waals surface area contributed by atoms with Crippen LogP contribution in [0.15, 0.2) is 11.6 Å². The van der Waals surface area contributed by atoms with Gasteiger partial charge in [0, 0.05) is 10.0 Å². The minimum Gasteiger partial charge on any atom is -0.449 e. The molecule has 0 radical (unpaired) electrons. The Morgan fingerprint density at radius 2 is 2.42 bits per heavy atom. The molecule has 5 heteroatoms. The molecule has 0 aromatic heterocycles. The Hall–Kier alpha value is -1.21. The Morgan fingerprint density at radius 1 is 1.83 bits per heavy atom. The van der Waals surface area contributed by atoms with Crippen molar-refractivity contribution in [2.24, 2.45) is 0 Å². The topological polar surface area (TPSA) is 33.9 Å². The molecular formula is C7H10ClN2O2+. The first-order valence-corrected chi connectivity index (χ1v) is 3.55. The van der Waals surface area contributed by atoms with E-state index in [0.717, 1.165) is 5.01 Å². The highest BCUT2D eigenvalue weighted by Gasteiger charge is 2.22. The van der Waals surface area contributed by atoms with E-state index in [1.165, 1.54) is 7.11 Å². The molecule has 4 nitrogen and oxygen atoms in total. The van der Waals surface area contributed by atoms with E-state index in [0.29, 0.717) is 5.03 Å². The monoisotopic (exact) mass is 189 g/mol. The van der Waals surface area contributed by atoms with Gasteiger partial charge in [0.25, 0.3) is 0 Å². The van der Waals surface area contributed by atoms with Gasteiger partial charge in [0.1, 0.15) is 6.54 Å². The number of ether oxygens (including phenoxy) is 1. The molecule has 0 unspecified atom stereocenters. The number of amides is 1. The summed E-state index contributed by atoms with van der Waals surface area (Å²) in [5, 5.41) is 1.33. The number of rotatable bonds is 2. The average Bonchev–Trinajstić information content (AvgIpc) is 2.01. The molecule has 1 amide bonds. The summed E-state index contributed by atoms with van der Waals surface area (Å²) in [6, 6.07) is 2.44. The van der Waals surface area contributed by atoms with Crippen LogP contribution >= 0.6 is 11.6 Å². The molecule has 0 spiro atoms. The van der Waals surface area contributed by atoms with Crippen LogP contribution in [0.1, 0.15) is 6.92 Å². The zero-order chi connectivity index (χ0) is 9.56. The van der Waals surface area contributed by atoms with Crippen molar-refractivity contribution in [1.29, 1.82) is 0 Å². The average molecular weight is 190 g/mol. The van der Waals surface area contributed by atoms with Crippen LogP contribution in [0.5, 0.6) is 0 Å². The molecular weight excluding hydrogens is 180 g/mol. The highest BCUT2D eigenvalue weighted by Crippen LogP contribution is 2.03. The van der Waals surface area contributed by atoms with Gasteiger partial charge < -0.3 is 4.74 Å². The number of hydrogen-bond donors (Lipinski definition) is 0. The maximum Gasteiger partial charge on any atom is 0.477 e. The van der Waals surface area contributed by atoms with Gasteiger partial charge in [-0.3, -0.25) is 0 Å². The molecule has 12 heavy (non-hydrogen) atoms. The van der Waals surface area contributed by atoms with Crippen molar-refractivity contribution in [3.63, 3.8) is 0 Å². The van der Waals surface area contributed by atoms with Crippen LogP contribution < -0.4 is 0 Å². The van der Waals surface area contributed by atoms with Gasteiger partial charge in [-0.2, -0.15) is 0 Å². The largest absolute Gasteiger partial charge is 0.477 e. The molecule has 0 N–H and O–H groups in total. The molecule has 0 saturated heterocycles. The van der Waals surface area contributed by atoms with E-state index in [2.05, 4.69) is 22.3 Å². The molecule has 66 valence electrons. The number of carbonyl (C=O) groups excluding carboxylic acids is 1. The summed E-state index contributed by atoms with van der Waals surface area (Å²) in [6.45, 7) is 5.10. The Kier molecular flexibility index (Phi) is 4.89. The van der Waals surface area contributed by atoms with Crippen LogP contribution in [-0.2, 0) is 4.74 Å². The normalized spacial score (nSPS) is 7.92. The first-order chi connectivity index (χ1) is 5.61. The van der Waals surface area contributed by atoms with E-state index in [4.69, 9.17) is 11.6 Å². The van der Waals surface area contributed by atoms with E-state index in [-0.39, 0.29) is 6.54 Å². The van der Waals surface area contributed by atoms with Gasteiger partial charge >= 0.3 is 12.2 Å². The lowest BCUT2D eigenvalue weighted by atomic mass is 10.6. The number of carbonyl (C=O) groups is 1. The van der Waals surface area contributed by atoms with Crippen molar-refractivity contribution >= 4 is 17.7 Å². The van der Waals surface area contributed by atoms with Crippen LogP contribution in [0, 0.1) is 6.07 Å². The molecule has 0 aliphatic rings. The molecule has 0 rings (SSSR count). The Labute approximate surface area is 76.2 Å². The first kappa shape index (κ1) is 10.8. The lowest BCUT2D eigenvalue weighted by Gasteiger charge is -2.00. The highest BCUT2D eigenvalue weighted by atomic mass is 35.5. The minimum atomic E-state index is -0.592. The Bertz CT molecular complexity index is 242. The second-order valence-electron chi connectivity index (χ2n) is 1.87. The molecule has 0 aliphatic carbocycles. The molecule has 0 heterocycles. The predicted octanol–water partition coefficient (Wildman–Crippen LogP) is 2.08. The maximum absolute atomic E-state index is 10.9. The number of methoxy groups -OCH3 is 1. The standard InChI is InChI=1S/C7H10ClN2O2/c1-4-9-10(5-6(2)8)7(11)12-3/h2,5H2,1,3H3/q+1. The van der Waals surface area contributed by atoms with Crippen LogP contribution in [-0.4, -0.2) is 24.8 Å². The van der Waals surface area contributed by atoms with E-state index in [1.807, 2.05) is 0 Å². The fraction of sp³-hybridized carbons (Fsp3) is 0.429. The molecule has 0 aromatic carbocycles. The Morgan fingerprint density at radius 3 is 2.75 bits per heavy atom. The number of nitrogens with zero attached hydrogens (tertiary/aromatic N) is 2. The third kappa shape index (κ3) is 3.84. The lowest BCUT2D eigenvalue weighted by Crippen LogP contribution is -2.25. The van der Waals surface area contributed by atoms with Crippen molar-refractivity contribution in [1.82, 2.24) is 5.01 Å². The first-order valence-electron chi connectivity index (χ1n) is 3.18. The second kappa shape index (κ2) is 5.44. The van der Waals surface area contributed by atoms with Gasteiger partial charge in [0.05, 0.1) is 19.0 Å². The van der Waals surface area contributed by atoms with E-state index in [1.54, 1.807) is 6.92 Å². The Balaban J connectivity index is 4.29. The zero-order valence-electron chi connectivity index (χ0n) is 7.00. The maximum atomic E-state index is 10.9. The summed E-state index contributed by atoms with van der Waals surface area (Å²) in [4.78, 5) is 14.5. The zero-order valence-corrected chi connectivity index (χ0v) is 7.76. The van der Waals surface area contributed by atoms with Crippen LogP contribution in [0.25, 0.3) is 4.95 Å². The number of hydrogen-bond acceptors (Lipinski definition) is 2. The third-order valence-corrected chi connectivity index (χ3v) is 1.05. The summed E-state index contributed by atoms with van der Waals surface area (Å²) in [6.07, 6.45) is -0.592. The second-order valence-corrected chi connectivity index (χ2v) is 2.40. The predicted molar refractivity (Wildman–Crippen MR) is 47.0 cm³/mol.